The zero-order chi connectivity index (χ0) is 19.5. The Bertz CT molecular complexity index is 936. The van der Waals surface area contributed by atoms with Gasteiger partial charge in [-0.05, 0) is 32.0 Å². The summed E-state index contributed by atoms with van der Waals surface area (Å²) >= 11 is 0. The molecule has 1 aliphatic rings. The van der Waals surface area contributed by atoms with Gasteiger partial charge >= 0.3 is 6.01 Å². The van der Waals surface area contributed by atoms with E-state index in [1.165, 1.54) is 0 Å². The predicted molar refractivity (Wildman–Crippen MR) is 105 cm³/mol. The Labute approximate surface area is 163 Å². The Morgan fingerprint density at radius 3 is 2.64 bits per heavy atom. The molecular formula is C19H24N6O3. The molecule has 1 aliphatic heterocycles. The highest BCUT2D eigenvalue weighted by Gasteiger charge is 2.22. The van der Waals surface area contributed by atoms with Crippen molar-refractivity contribution in [2.45, 2.75) is 26.6 Å². The van der Waals surface area contributed by atoms with Crippen molar-refractivity contribution in [2.24, 2.45) is 0 Å². The molecule has 0 N–H and O–H groups in total. The summed E-state index contributed by atoms with van der Waals surface area (Å²) in [5.41, 5.74) is 2.01. The molecule has 0 bridgehead atoms. The second-order valence-electron chi connectivity index (χ2n) is 6.95. The first-order valence-electron chi connectivity index (χ1n) is 9.37. The van der Waals surface area contributed by atoms with Gasteiger partial charge in [0.2, 0.25) is 5.88 Å². The number of methoxy groups -OCH3 is 1. The van der Waals surface area contributed by atoms with Gasteiger partial charge in [0.15, 0.2) is 5.82 Å². The molecule has 0 spiro atoms. The summed E-state index contributed by atoms with van der Waals surface area (Å²) in [5.74, 6) is 1.18. The first-order chi connectivity index (χ1) is 13.6. The summed E-state index contributed by atoms with van der Waals surface area (Å²) in [5, 5.41) is 4.86. The highest BCUT2D eigenvalue weighted by Crippen LogP contribution is 2.28. The van der Waals surface area contributed by atoms with Crippen LogP contribution in [0.25, 0.3) is 10.9 Å². The molecular weight excluding hydrogens is 360 g/mol. The second kappa shape index (κ2) is 7.97. The molecule has 148 valence electrons. The van der Waals surface area contributed by atoms with E-state index < -0.39 is 0 Å². The average molecular weight is 384 g/mol. The van der Waals surface area contributed by atoms with Crippen molar-refractivity contribution >= 4 is 22.6 Å². The molecule has 1 fully saturated rings. The van der Waals surface area contributed by atoms with Gasteiger partial charge in [-0.25, -0.2) is 9.97 Å². The van der Waals surface area contributed by atoms with Gasteiger partial charge in [0.25, 0.3) is 0 Å². The minimum Gasteiger partial charge on any atom is -0.474 e. The third kappa shape index (κ3) is 3.84. The lowest BCUT2D eigenvalue weighted by molar-refractivity contribution is 0.174. The number of fused-ring (bicyclic) bond motifs is 1. The van der Waals surface area contributed by atoms with Gasteiger partial charge in [-0.3, -0.25) is 0 Å². The standard InChI is InChI=1S/C19H24N6O3/c1-13(2)27-18-15-10-14(4-5-16(15)20-12-21-18)24-6-8-25(9-7-24)19-22-17(11-26-3)23-28-19/h4-5,10,12-13H,6-9,11H2,1-3H3. The predicted octanol–water partition coefficient (Wildman–Crippen LogP) is 2.27. The summed E-state index contributed by atoms with van der Waals surface area (Å²) < 4.78 is 16.2. The van der Waals surface area contributed by atoms with Crippen LogP contribution in [0.3, 0.4) is 0 Å². The first kappa shape index (κ1) is 18.4. The van der Waals surface area contributed by atoms with E-state index in [0.717, 1.165) is 42.8 Å². The first-order valence-corrected chi connectivity index (χ1v) is 9.37. The number of rotatable bonds is 6. The Hall–Kier alpha value is -2.94. The summed E-state index contributed by atoms with van der Waals surface area (Å²) in [6.45, 7) is 7.63. The van der Waals surface area contributed by atoms with Crippen LogP contribution in [-0.4, -0.2) is 59.5 Å². The van der Waals surface area contributed by atoms with Crippen LogP contribution in [0, 0.1) is 0 Å². The van der Waals surface area contributed by atoms with Crippen molar-refractivity contribution in [3.05, 3.63) is 30.4 Å². The Kier molecular flexibility index (Phi) is 5.25. The maximum atomic E-state index is 5.85. The number of hydrogen-bond donors (Lipinski definition) is 0. The molecule has 0 amide bonds. The SMILES string of the molecule is COCc1noc(N2CCN(c3ccc4ncnc(OC(C)C)c4c3)CC2)n1. The maximum Gasteiger partial charge on any atom is 0.324 e. The molecule has 1 saturated heterocycles. The average Bonchev–Trinajstić information content (AvgIpc) is 3.17. The van der Waals surface area contributed by atoms with Crippen LogP contribution >= 0.6 is 0 Å². The molecule has 0 aliphatic carbocycles. The van der Waals surface area contributed by atoms with Crippen molar-refractivity contribution in [3.63, 3.8) is 0 Å². The van der Waals surface area contributed by atoms with Crippen LogP contribution in [0.4, 0.5) is 11.7 Å². The molecule has 9 nitrogen and oxygen atoms in total. The highest BCUT2D eigenvalue weighted by atomic mass is 16.5. The molecule has 3 heterocycles. The molecule has 28 heavy (non-hydrogen) atoms. The Balaban J connectivity index is 1.48. The second-order valence-corrected chi connectivity index (χ2v) is 6.95. The van der Waals surface area contributed by atoms with Crippen molar-refractivity contribution in [3.8, 4) is 5.88 Å². The number of hydrogen-bond acceptors (Lipinski definition) is 9. The minimum absolute atomic E-state index is 0.0581. The summed E-state index contributed by atoms with van der Waals surface area (Å²) in [6.07, 6.45) is 1.60. The van der Waals surface area contributed by atoms with Gasteiger partial charge in [-0.1, -0.05) is 5.16 Å². The topological polar surface area (TPSA) is 89.6 Å². The van der Waals surface area contributed by atoms with E-state index in [2.05, 4.69) is 42.0 Å². The van der Waals surface area contributed by atoms with Crippen LogP contribution in [0.5, 0.6) is 5.88 Å². The Morgan fingerprint density at radius 1 is 1.11 bits per heavy atom. The number of nitrogens with zero attached hydrogens (tertiary/aromatic N) is 6. The molecule has 0 unspecified atom stereocenters. The van der Waals surface area contributed by atoms with Crippen molar-refractivity contribution in [1.82, 2.24) is 20.1 Å². The fourth-order valence-corrected chi connectivity index (χ4v) is 3.25. The number of benzene rings is 1. The summed E-state index contributed by atoms with van der Waals surface area (Å²) in [6, 6.07) is 6.76. The number of piperazine rings is 1. The van der Waals surface area contributed by atoms with E-state index in [1.807, 2.05) is 19.9 Å². The van der Waals surface area contributed by atoms with Crippen LogP contribution < -0.4 is 14.5 Å². The van der Waals surface area contributed by atoms with Gasteiger partial charge in [0, 0.05) is 39.0 Å². The lowest BCUT2D eigenvalue weighted by atomic mass is 10.2. The molecule has 0 saturated carbocycles. The molecule has 3 aromatic rings. The summed E-state index contributed by atoms with van der Waals surface area (Å²) in [7, 11) is 1.61. The quantitative estimate of drug-likeness (QED) is 0.635. The van der Waals surface area contributed by atoms with E-state index in [1.54, 1.807) is 13.4 Å². The highest BCUT2D eigenvalue weighted by molar-refractivity contribution is 5.86. The van der Waals surface area contributed by atoms with Gasteiger partial charge in [-0.2, -0.15) is 4.98 Å². The monoisotopic (exact) mass is 384 g/mol. The van der Waals surface area contributed by atoms with E-state index >= 15 is 0 Å². The molecule has 0 atom stereocenters. The van der Waals surface area contributed by atoms with E-state index in [9.17, 15) is 0 Å². The third-order valence-corrected chi connectivity index (χ3v) is 4.58. The summed E-state index contributed by atoms with van der Waals surface area (Å²) in [4.78, 5) is 17.5. The third-order valence-electron chi connectivity index (χ3n) is 4.58. The smallest absolute Gasteiger partial charge is 0.324 e. The molecule has 4 rings (SSSR count). The Morgan fingerprint density at radius 2 is 1.89 bits per heavy atom. The van der Waals surface area contributed by atoms with Gasteiger partial charge in [0.05, 0.1) is 17.0 Å². The van der Waals surface area contributed by atoms with Gasteiger partial charge < -0.3 is 23.8 Å². The van der Waals surface area contributed by atoms with Gasteiger partial charge in [-0.15, -0.1) is 0 Å². The normalized spacial score (nSPS) is 14.9. The van der Waals surface area contributed by atoms with Crippen molar-refractivity contribution in [2.75, 3.05) is 43.1 Å². The van der Waals surface area contributed by atoms with E-state index in [4.69, 9.17) is 14.0 Å². The van der Waals surface area contributed by atoms with Crippen LogP contribution in [0.15, 0.2) is 29.0 Å². The fraction of sp³-hybridized carbons (Fsp3) is 0.474. The van der Waals surface area contributed by atoms with E-state index in [0.29, 0.717) is 24.3 Å². The fourth-order valence-electron chi connectivity index (χ4n) is 3.25. The molecule has 0 radical (unpaired) electrons. The van der Waals surface area contributed by atoms with Crippen molar-refractivity contribution < 1.29 is 14.0 Å². The van der Waals surface area contributed by atoms with Gasteiger partial charge in [0.1, 0.15) is 12.9 Å². The minimum atomic E-state index is 0.0581. The molecule has 9 heteroatoms. The van der Waals surface area contributed by atoms with Crippen LogP contribution in [0.1, 0.15) is 19.7 Å². The number of ether oxygens (including phenoxy) is 2. The van der Waals surface area contributed by atoms with Crippen LogP contribution in [-0.2, 0) is 11.3 Å². The zero-order valence-corrected chi connectivity index (χ0v) is 16.3. The largest absolute Gasteiger partial charge is 0.474 e. The van der Waals surface area contributed by atoms with Crippen LogP contribution in [0.2, 0.25) is 0 Å². The van der Waals surface area contributed by atoms with Crippen molar-refractivity contribution in [1.29, 1.82) is 0 Å². The lowest BCUT2D eigenvalue weighted by Gasteiger charge is -2.35. The maximum absolute atomic E-state index is 5.85. The number of anilines is 2. The molecule has 1 aromatic carbocycles. The van der Waals surface area contributed by atoms with E-state index in [-0.39, 0.29) is 6.10 Å². The zero-order valence-electron chi connectivity index (χ0n) is 16.3. The number of aromatic nitrogens is 4. The molecule has 2 aromatic heterocycles. The lowest BCUT2D eigenvalue weighted by Crippen LogP contribution is -2.46.